The lowest BCUT2D eigenvalue weighted by atomic mass is 10.0. The van der Waals surface area contributed by atoms with Crippen LogP contribution in [0.5, 0.6) is 0 Å². The maximum Gasteiger partial charge on any atom is 0.147 e. The third kappa shape index (κ3) is 1.92. The van der Waals surface area contributed by atoms with Crippen LogP contribution in [0.4, 0.5) is 0 Å². The number of ether oxygens (including phenoxy) is 5. The second-order valence-corrected chi connectivity index (χ2v) is 3.51. The van der Waals surface area contributed by atoms with Crippen molar-refractivity contribution in [1.82, 2.24) is 0 Å². The summed E-state index contributed by atoms with van der Waals surface area (Å²) in [5, 5.41) is 0. The molecule has 2 aliphatic heterocycles. The highest BCUT2D eigenvalue weighted by Crippen LogP contribution is 2.23. The molecule has 0 aliphatic carbocycles. The summed E-state index contributed by atoms with van der Waals surface area (Å²) in [6.07, 6.45) is -0.288. The van der Waals surface area contributed by atoms with E-state index >= 15 is 0 Å². The van der Waals surface area contributed by atoms with Crippen molar-refractivity contribution in [3.8, 4) is 0 Å². The number of hydrogen-bond acceptors (Lipinski definition) is 5. The minimum absolute atomic E-state index is 0.0203. The van der Waals surface area contributed by atoms with Crippen LogP contribution >= 0.6 is 0 Å². The zero-order valence-electron chi connectivity index (χ0n) is 8.47. The lowest BCUT2D eigenvalue weighted by Gasteiger charge is -2.34. The summed E-state index contributed by atoms with van der Waals surface area (Å²) in [6.45, 7) is 3.07. The van der Waals surface area contributed by atoms with E-state index in [1.807, 2.05) is 6.92 Å². The molecule has 5 heteroatoms. The minimum Gasteiger partial charge on any atom is -0.376 e. The fraction of sp³-hybridized carbons (Fsp3) is 1.00. The molecule has 0 aromatic rings. The van der Waals surface area contributed by atoms with Gasteiger partial charge >= 0.3 is 0 Å². The Bertz CT molecular complexity index is 186. The van der Waals surface area contributed by atoms with Crippen LogP contribution in [0.2, 0.25) is 0 Å². The molecule has 2 fully saturated rings. The van der Waals surface area contributed by atoms with Gasteiger partial charge in [-0.05, 0) is 6.92 Å². The van der Waals surface area contributed by atoms with Gasteiger partial charge in [-0.2, -0.15) is 0 Å². The van der Waals surface area contributed by atoms with Crippen molar-refractivity contribution in [2.24, 2.45) is 0 Å². The minimum atomic E-state index is -0.0914. The van der Waals surface area contributed by atoms with Crippen molar-refractivity contribution in [2.45, 2.75) is 31.3 Å². The Hall–Kier alpha value is -0.200. The third-order valence-electron chi connectivity index (χ3n) is 2.66. The Kier molecular flexibility index (Phi) is 3.35. The van der Waals surface area contributed by atoms with Gasteiger partial charge in [-0.3, -0.25) is 0 Å². The highest BCUT2D eigenvalue weighted by Gasteiger charge is 2.40. The maximum absolute atomic E-state index is 5.48. The molecule has 0 saturated carbocycles. The Labute approximate surface area is 83.2 Å². The lowest BCUT2D eigenvalue weighted by molar-refractivity contribution is -0.228. The number of methoxy groups -OCH3 is 1. The van der Waals surface area contributed by atoms with Crippen LogP contribution in [0.25, 0.3) is 0 Å². The molecule has 0 bridgehead atoms. The monoisotopic (exact) mass is 204 g/mol. The fourth-order valence-electron chi connectivity index (χ4n) is 1.86. The summed E-state index contributed by atoms with van der Waals surface area (Å²) in [5.41, 5.74) is 0. The standard InChI is InChI=1S/C9H16O5/c1-6-8(10-2)9-7(13-5-12-6)3-11-4-14-9/h6-9H,3-5H2,1-2H3. The number of hydrogen-bond donors (Lipinski definition) is 0. The van der Waals surface area contributed by atoms with Gasteiger partial charge in [-0.1, -0.05) is 0 Å². The predicted octanol–water partition coefficient (Wildman–Crippen LogP) is 0.136. The fourth-order valence-corrected chi connectivity index (χ4v) is 1.86. The summed E-state index contributed by atoms with van der Waals surface area (Å²) < 4.78 is 26.9. The largest absolute Gasteiger partial charge is 0.376 e. The molecule has 0 spiro atoms. The van der Waals surface area contributed by atoms with Gasteiger partial charge in [0.15, 0.2) is 0 Å². The molecular formula is C9H16O5. The van der Waals surface area contributed by atoms with Gasteiger partial charge in [0.2, 0.25) is 0 Å². The molecule has 0 aromatic heterocycles. The van der Waals surface area contributed by atoms with E-state index in [2.05, 4.69) is 0 Å². The van der Waals surface area contributed by atoms with Gasteiger partial charge in [-0.15, -0.1) is 0 Å². The quantitative estimate of drug-likeness (QED) is 0.607. The van der Waals surface area contributed by atoms with Crippen molar-refractivity contribution >= 4 is 0 Å². The van der Waals surface area contributed by atoms with Crippen LogP contribution < -0.4 is 0 Å². The van der Waals surface area contributed by atoms with Crippen molar-refractivity contribution in [3.63, 3.8) is 0 Å². The molecule has 5 nitrogen and oxygen atoms in total. The van der Waals surface area contributed by atoms with Gasteiger partial charge in [-0.25, -0.2) is 0 Å². The van der Waals surface area contributed by atoms with E-state index in [0.717, 1.165) is 0 Å². The van der Waals surface area contributed by atoms with E-state index < -0.39 is 0 Å². The average Bonchev–Trinajstić information content (AvgIpc) is 2.36. The molecule has 0 N–H and O–H groups in total. The SMILES string of the molecule is COC1C(C)OCOC2COCOC21. The summed E-state index contributed by atoms with van der Waals surface area (Å²) in [4.78, 5) is 0. The molecule has 82 valence electrons. The van der Waals surface area contributed by atoms with E-state index in [-0.39, 0.29) is 31.2 Å². The molecule has 2 heterocycles. The molecule has 4 unspecified atom stereocenters. The molecule has 4 atom stereocenters. The van der Waals surface area contributed by atoms with Crippen LogP contribution in [0.3, 0.4) is 0 Å². The van der Waals surface area contributed by atoms with E-state index in [4.69, 9.17) is 23.7 Å². The van der Waals surface area contributed by atoms with Crippen molar-refractivity contribution < 1.29 is 23.7 Å². The molecule has 0 aromatic carbocycles. The summed E-state index contributed by atoms with van der Waals surface area (Å²) in [5.74, 6) is 0. The average molecular weight is 204 g/mol. The van der Waals surface area contributed by atoms with Gasteiger partial charge in [0.25, 0.3) is 0 Å². The molecule has 2 saturated heterocycles. The number of fused-ring (bicyclic) bond motifs is 1. The lowest BCUT2D eigenvalue weighted by Crippen LogP contribution is -2.50. The molecule has 2 aliphatic rings. The third-order valence-corrected chi connectivity index (χ3v) is 2.66. The van der Waals surface area contributed by atoms with Gasteiger partial charge in [0.1, 0.15) is 31.9 Å². The van der Waals surface area contributed by atoms with Crippen LogP contribution in [-0.2, 0) is 23.7 Å². The first kappa shape index (κ1) is 10.3. The summed E-state index contributed by atoms with van der Waals surface area (Å²) in [7, 11) is 1.66. The molecule has 2 rings (SSSR count). The Morgan fingerprint density at radius 1 is 1.14 bits per heavy atom. The first-order valence-electron chi connectivity index (χ1n) is 4.78. The van der Waals surface area contributed by atoms with Crippen LogP contribution in [-0.4, -0.2) is 51.7 Å². The normalized spacial score (nSPS) is 44.1. The van der Waals surface area contributed by atoms with E-state index in [1.54, 1.807) is 7.11 Å². The number of rotatable bonds is 1. The second-order valence-electron chi connectivity index (χ2n) is 3.51. The summed E-state index contributed by atoms with van der Waals surface area (Å²) in [6, 6.07) is 0. The van der Waals surface area contributed by atoms with Crippen LogP contribution in [0.1, 0.15) is 6.92 Å². The molecular weight excluding hydrogens is 188 g/mol. The first-order chi connectivity index (χ1) is 6.83. The van der Waals surface area contributed by atoms with Crippen molar-refractivity contribution in [3.05, 3.63) is 0 Å². The van der Waals surface area contributed by atoms with E-state index in [0.29, 0.717) is 13.4 Å². The smallest absolute Gasteiger partial charge is 0.147 e. The van der Waals surface area contributed by atoms with Crippen molar-refractivity contribution in [1.29, 1.82) is 0 Å². The van der Waals surface area contributed by atoms with Gasteiger partial charge in [0, 0.05) is 7.11 Å². The van der Waals surface area contributed by atoms with Gasteiger partial charge in [0.05, 0.1) is 12.7 Å². The van der Waals surface area contributed by atoms with Crippen LogP contribution in [0.15, 0.2) is 0 Å². The highest BCUT2D eigenvalue weighted by atomic mass is 16.7. The maximum atomic E-state index is 5.48. The topological polar surface area (TPSA) is 46.2 Å². The van der Waals surface area contributed by atoms with Crippen LogP contribution in [0, 0.1) is 0 Å². The Morgan fingerprint density at radius 2 is 2.00 bits per heavy atom. The molecule has 14 heavy (non-hydrogen) atoms. The van der Waals surface area contributed by atoms with E-state index in [1.165, 1.54) is 0 Å². The predicted molar refractivity (Wildman–Crippen MR) is 46.8 cm³/mol. The Morgan fingerprint density at radius 3 is 2.79 bits per heavy atom. The molecule has 0 radical (unpaired) electrons. The Balaban J connectivity index is 2.09. The zero-order valence-corrected chi connectivity index (χ0v) is 8.47. The van der Waals surface area contributed by atoms with E-state index in [9.17, 15) is 0 Å². The highest BCUT2D eigenvalue weighted by molar-refractivity contribution is 4.86. The second kappa shape index (κ2) is 4.55. The molecule has 0 amide bonds. The first-order valence-corrected chi connectivity index (χ1v) is 4.78. The van der Waals surface area contributed by atoms with Gasteiger partial charge < -0.3 is 23.7 Å². The summed E-state index contributed by atoms with van der Waals surface area (Å²) >= 11 is 0. The zero-order chi connectivity index (χ0) is 9.97. The van der Waals surface area contributed by atoms with Crippen molar-refractivity contribution in [2.75, 3.05) is 27.3 Å².